The first-order valence-electron chi connectivity index (χ1n) is 17.3. The monoisotopic (exact) mass is 729 g/mol. The maximum atomic E-state index is 14.2. The lowest BCUT2D eigenvalue weighted by atomic mass is 9.93. The zero-order chi connectivity index (χ0) is 37.0. The number of phosphoric ester groups is 1. The molecule has 2 fully saturated rings. The van der Waals surface area contributed by atoms with Crippen molar-refractivity contribution in [3.63, 3.8) is 0 Å². The summed E-state index contributed by atoms with van der Waals surface area (Å²) in [6.45, 7) is 0.360. The number of nitrogens with two attached hydrogens (primary N) is 1. The van der Waals surface area contributed by atoms with Crippen LogP contribution in [0.5, 0.6) is 5.75 Å². The number of hydrogen-bond acceptors (Lipinski definition) is 9. The summed E-state index contributed by atoms with van der Waals surface area (Å²) in [7, 11) is -3.29. The number of carbonyl (C=O) groups is 5. The molecule has 15 nitrogen and oxygen atoms in total. The van der Waals surface area contributed by atoms with Gasteiger partial charge in [-0.2, -0.15) is 0 Å². The number of benzene rings is 2. The van der Waals surface area contributed by atoms with Gasteiger partial charge in [-0.3, -0.25) is 33.8 Å². The highest BCUT2D eigenvalue weighted by molar-refractivity contribution is 7.46. The van der Waals surface area contributed by atoms with Gasteiger partial charge in [-0.25, -0.2) is 4.57 Å². The Morgan fingerprint density at radius 3 is 2.33 bits per heavy atom. The van der Waals surface area contributed by atoms with Crippen LogP contribution in [0.2, 0.25) is 0 Å². The van der Waals surface area contributed by atoms with Gasteiger partial charge in [-0.15, -0.1) is 0 Å². The van der Waals surface area contributed by atoms with E-state index in [1.807, 2.05) is 18.2 Å². The number of phosphoric acid groups is 1. The number of likely N-dealkylation sites (N-methyl/N-ethyl adjacent to an activating group) is 1. The van der Waals surface area contributed by atoms with E-state index in [1.54, 1.807) is 17.0 Å². The molecule has 0 aliphatic carbocycles. The third-order valence-corrected chi connectivity index (χ3v) is 9.64. The molecule has 0 radical (unpaired) electrons. The maximum Gasteiger partial charge on any atom is 0.524 e. The molecule has 7 N–H and O–H groups in total. The Morgan fingerprint density at radius 1 is 0.961 bits per heavy atom. The molecule has 2 heterocycles. The van der Waals surface area contributed by atoms with Crippen LogP contribution in [0, 0.1) is 5.92 Å². The number of amides is 4. The zero-order valence-electron chi connectivity index (χ0n) is 28.7. The van der Waals surface area contributed by atoms with Crippen LogP contribution in [0.25, 0.3) is 0 Å². The molecule has 16 heteroatoms. The first-order chi connectivity index (χ1) is 24.4. The first-order valence-corrected chi connectivity index (χ1v) is 18.8. The number of hydrogen-bond donors (Lipinski definition) is 6. The van der Waals surface area contributed by atoms with Crippen LogP contribution in [0.3, 0.4) is 0 Å². The minimum absolute atomic E-state index is 0.0102. The van der Waals surface area contributed by atoms with Gasteiger partial charge in [0.2, 0.25) is 23.6 Å². The second-order valence-electron chi connectivity index (χ2n) is 12.9. The van der Waals surface area contributed by atoms with Gasteiger partial charge in [-0.05, 0) is 74.8 Å². The molecule has 51 heavy (non-hydrogen) atoms. The SMILES string of the molecule is CNC(=O)[C@H](CCCN)NC(=O)[C@@H]1CC[C@@H]2CCCC[C@H](NC(=O)[C@@H](CC(=O)OCc3ccccc3)Cc3ccc(OP(=O)(O)O)cc3)C(=O)N21. The fourth-order valence-corrected chi connectivity index (χ4v) is 7.01. The average Bonchev–Trinajstić information content (AvgIpc) is 3.52. The summed E-state index contributed by atoms with van der Waals surface area (Å²) >= 11 is 0. The van der Waals surface area contributed by atoms with Crippen LogP contribution < -0.4 is 26.2 Å². The summed E-state index contributed by atoms with van der Waals surface area (Å²) in [5, 5.41) is 8.23. The highest BCUT2D eigenvalue weighted by atomic mass is 31.2. The van der Waals surface area contributed by atoms with Crippen LogP contribution in [0.1, 0.15) is 68.9 Å². The molecule has 5 atom stereocenters. The Bertz CT molecular complexity index is 1550. The van der Waals surface area contributed by atoms with Gasteiger partial charge in [0.25, 0.3) is 0 Å². The summed E-state index contributed by atoms with van der Waals surface area (Å²) in [4.78, 5) is 87.0. The number of esters is 1. The van der Waals surface area contributed by atoms with E-state index in [1.165, 1.54) is 31.3 Å². The molecule has 2 aliphatic rings. The molecule has 0 bridgehead atoms. The molecule has 4 rings (SSSR count). The van der Waals surface area contributed by atoms with E-state index >= 15 is 0 Å². The first kappa shape index (κ1) is 39.5. The van der Waals surface area contributed by atoms with Crippen molar-refractivity contribution in [3.8, 4) is 5.75 Å². The lowest BCUT2D eigenvalue weighted by molar-refractivity contribution is -0.149. The Hall–Kier alpha value is -4.30. The van der Waals surface area contributed by atoms with Crippen molar-refractivity contribution in [2.45, 2.75) is 95.0 Å². The molecule has 2 aliphatic heterocycles. The lowest BCUT2D eigenvalue weighted by Crippen LogP contribution is -2.58. The number of rotatable bonds is 16. The van der Waals surface area contributed by atoms with Gasteiger partial charge in [0, 0.05) is 13.1 Å². The second-order valence-corrected chi connectivity index (χ2v) is 14.1. The molecule has 0 saturated carbocycles. The number of carbonyl (C=O) groups excluding carboxylic acids is 5. The van der Waals surface area contributed by atoms with Crippen LogP contribution >= 0.6 is 7.82 Å². The van der Waals surface area contributed by atoms with Gasteiger partial charge < -0.3 is 35.8 Å². The van der Waals surface area contributed by atoms with Crippen molar-refractivity contribution in [2.75, 3.05) is 13.6 Å². The van der Waals surface area contributed by atoms with E-state index in [9.17, 15) is 28.5 Å². The number of fused-ring (bicyclic) bond motifs is 1. The molecule has 0 aromatic heterocycles. The molecule has 0 spiro atoms. The van der Waals surface area contributed by atoms with Gasteiger partial charge in [-0.1, -0.05) is 55.3 Å². The zero-order valence-corrected chi connectivity index (χ0v) is 29.6. The van der Waals surface area contributed by atoms with Gasteiger partial charge >= 0.3 is 13.8 Å². The minimum Gasteiger partial charge on any atom is -0.461 e. The van der Waals surface area contributed by atoms with Gasteiger partial charge in [0.05, 0.1) is 12.3 Å². The number of nitrogens with one attached hydrogen (secondary N) is 3. The Labute approximate surface area is 297 Å². The van der Waals surface area contributed by atoms with Crippen molar-refractivity contribution < 1.29 is 47.6 Å². The molecule has 0 unspecified atom stereocenters. The van der Waals surface area contributed by atoms with Gasteiger partial charge in [0.15, 0.2) is 0 Å². The van der Waals surface area contributed by atoms with Crippen molar-refractivity contribution >= 4 is 37.4 Å². The molecule has 2 aromatic carbocycles. The quantitative estimate of drug-likeness (QED) is 0.108. The van der Waals surface area contributed by atoms with Crippen LogP contribution in [0.15, 0.2) is 54.6 Å². The predicted molar refractivity (Wildman–Crippen MR) is 186 cm³/mol. The number of nitrogens with zero attached hydrogens (tertiary/aromatic N) is 1. The highest BCUT2D eigenvalue weighted by Crippen LogP contribution is 2.37. The number of ether oxygens (including phenoxy) is 1. The lowest BCUT2D eigenvalue weighted by Gasteiger charge is -2.36. The van der Waals surface area contributed by atoms with Crippen LogP contribution in [-0.4, -0.2) is 82.0 Å². The van der Waals surface area contributed by atoms with E-state index in [0.717, 1.165) is 12.0 Å². The molecular weight excluding hydrogens is 681 g/mol. The maximum absolute atomic E-state index is 14.2. The van der Waals surface area contributed by atoms with E-state index in [-0.39, 0.29) is 37.1 Å². The molecule has 2 aromatic rings. The summed E-state index contributed by atoms with van der Waals surface area (Å²) in [6, 6.07) is 12.0. The second kappa shape index (κ2) is 18.8. The van der Waals surface area contributed by atoms with Crippen molar-refractivity contribution in [3.05, 3.63) is 65.7 Å². The van der Waals surface area contributed by atoms with E-state index < -0.39 is 55.6 Å². The van der Waals surface area contributed by atoms with Crippen LogP contribution in [0.4, 0.5) is 0 Å². The molecular formula is C35H48N5O10P. The average molecular weight is 730 g/mol. The third kappa shape index (κ3) is 11.9. The van der Waals surface area contributed by atoms with E-state index in [2.05, 4.69) is 20.5 Å². The minimum atomic E-state index is -4.78. The Kier molecular flexibility index (Phi) is 14.6. The van der Waals surface area contributed by atoms with E-state index in [4.69, 9.17) is 20.3 Å². The van der Waals surface area contributed by atoms with Crippen molar-refractivity contribution in [1.29, 1.82) is 0 Å². The predicted octanol–water partition coefficient (Wildman–Crippen LogP) is 1.84. The summed E-state index contributed by atoms with van der Waals surface area (Å²) in [6.07, 6.45) is 4.12. The topological polar surface area (TPSA) is 227 Å². The fraction of sp³-hybridized carbons (Fsp3) is 0.514. The van der Waals surface area contributed by atoms with E-state index in [0.29, 0.717) is 57.1 Å². The van der Waals surface area contributed by atoms with Crippen LogP contribution in [-0.2, 0) is 46.3 Å². The summed E-state index contributed by atoms with van der Waals surface area (Å²) in [5.74, 6) is -3.41. The summed E-state index contributed by atoms with van der Waals surface area (Å²) < 4.78 is 21.3. The largest absolute Gasteiger partial charge is 0.524 e. The Morgan fingerprint density at radius 2 is 1.67 bits per heavy atom. The van der Waals surface area contributed by atoms with Crippen molar-refractivity contribution in [2.24, 2.45) is 11.7 Å². The molecule has 4 amide bonds. The van der Waals surface area contributed by atoms with Gasteiger partial charge in [0.1, 0.15) is 30.5 Å². The molecule has 278 valence electrons. The standard InChI is InChI=1S/C35H48N5O10P/c1-37-33(43)28(12-7-19-36)38-34(44)30-18-15-26-10-5-6-11-29(35(45)40(26)30)39-32(42)25(21-31(41)49-22-24-8-3-2-4-9-24)20-23-13-16-27(17-14-23)50-51(46,47)48/h2-4,8-9,13-14,16-17,25-26,28-30H,5-7,10-12,15,18-22,36H2,1H3,(H,37,43)(H,38,44)(H,39,42)(H2,46,47,48)/t25-,26+,28+,29+,30+/m1/s1. The molecule has 2 saturated heterocycles. The highest BCUT2D eigenvalue weighted by Gasteiger charge is 2.44. The smallest absolute Gasteiger partial charge is 0.461 e. The third-order valence-electron chi connectivity index (χ3n) is 9.19. The van der Waals surface area contributed by atoms with Crippen molar-refractivity contribution in [1.82, 2.24) is 20.9 Å². The fourth-order valence-electron chi connectivity index (χ4n) is 6.61. The summed E-state index contributed by atoms with van der Waals surface area (Å²) in [5.41, 5.74) is 6.98. The normalized spacial score (nSPS) is 20.2. The Balaban J connectivity index is 1.50.